The highest BCUT2D eigenvalue weighted by Gasteiger charge is 2.30. The molecule has 0 saturated carbocycles. The van der Waals surface area contributed by atoms with Gasteiger partial charge in [-0.25, -0.2) is 9.78 Å². The Balaban J connectivity index is 1.72. The molecular formula is C21H27N3O2. The fraction of sp³-hybridized carbons (Fsp3) is 0.429. The summed E-state index contributed by atoms with van der Waals surface area (Å²) in [7, 11) is 0. The average molecular weight is 353 g/mol. The Labute approximate surface area is 155 Å². The van der Waals surface area contributed by atoms with Gasteiger partial charge in [0, 0.05) is 24.8 Å². The first-order valence-electron chi connectivity index (χ1n) is 9.45. The predicted molar refractivity (Wildman–Crippen MR) is 103 cm³/mol. The monoisotopic (exact) mass is 353 g/mol. The molecule has 1 aliphatic rings. The van der Waals surface area contributed by atoms with Crippen LogP contribution in [-0.2, 0) is 11.3 Å². The van der Waals surface area contributed by atoms with Crippen LogP contribution >= 0.6 is 0 Å². The molecule has 0 radical (unpaired) electrons. The van der Waals surface area contributed by atoms with E-state index < -0.39 is 0 Å². The van der Waals surface area contributed by atoms with Gasteiger partial charge in [-0.3, -0.25) is 0 Å². The zero-order valence-corrected chi connectivity index (χ0v) is 15.4. The quantitative estimate of drug-likeness (QED) is 0.813. The molecule has 1 saturated heterocycles. The van der Waals surface area contributed by atoms with Crippen molar-refractivity contribution in [1.82, 2.24) is 9.88 Å². The fourth-order valence-electron chi connectivity index (χ4n) is 3.35. The van der Waals surface area contributed by atoms with Crippen LogP contribution < -0.4 is 5.32 Å². The molecule has 1 aromatic heterocycles. The van der Waals surface area contributed by atoms with Crippen LogP contribution in [0.2, 0.25) is 0 Å². The number of nitrogens with one attached hydrogen (secondary N) is 1. The number of aromatic nitrogens is 1. The third-order valence-corrected chi connectivity index (χ3v) is 4.68. The minimum atomic E-state index is -0.246. The van der Waals surface area contributed by atoms with E-state index in [4.69, 9.17) is 4.74 Å². The highest BCUT2D eigenvalue weighted by Crippen LogP contribution is 2.34. The van der Waals surface area contributed by atoms with Crippen molar-refractivity contribution in [3.8, 4) is 0 Å². The minimum Gasteiger partial charge on any atom is -0.445 e. The number of hydrogen-bond donors (Lipinski definition) is 1. The molecule has 138 valence electrons. The Morgan fingerprint density at radius 1 is 1.23 bits per heavy atom. The lowest BCUT2D eigenvalue weighted by Gasteiger charge is -2.35. The van der Waals surface area contributed by atoms with E-state index in [0.717, 1.165) is 55.7 Å². The van der Waals surface area contributed by atoms with Gasteiger partial charge in [0.05, 0.1) is 6.04 Å². The topological polar surface area (TPSA) is 54.5 Å². The Bertz CT molecular complexity index is 705. The molecule has 0 unspecified atom stereocenters. The number of likely N-dealkylation sites (tertiary alicyclic amines) is 1. The van der Waals surface area contributed by atoms with Crippen LogP contribution in [0.5, 0.6) is 0 Å². The first-order valence-corrected chi connectivity index (χ1v) is 9.45. The molecule has 3 rings (SSSR count). The van der Waals surface area contributed by atoms with Crippen molar-refractivity contribution < 1.29 is 9.53 Å². The number of amides is 1. The lowest BCUT2D eigenvalue weighted by Crippen LogP contribution is -2.39. The van der Waals surface area contributed by atoms with Crippen LogP contribution in [-0.4, -0.2) is 29.1 Å². The van der Waals surface area contributed by atoms with Gasteiger partial charge in [0.2, 0.25) is 0 Å². The van der Waals surface area contributed by atoms with Gasteiger partial charge in [-0.15, -0.1) is 0 Å². The Morgan fingerprint density at radius 3 is 2.88 bits per heavy atom. The first-order chi connectivity index (χ1) is 12.8. The molecule has 0 bridgehead atoms. The van der Waals surface area contributed by atoms with E-state index in [2.05, 4.69) is 23.3 Å². The summed E-state index contributed by atoms with van der Waals surface area (Å²) in [6.45, 7) is 4.02. The number of carbonyl (C=O) groups excluding carboxylic acids is 1. The standard InChI is InChI=1S/C21H27N3O2/c1-2-13-22-20-18(11-8-14-23-20)19-12-6-7-15-24(19)21(25)26-16-17-9-4-3-5-10-17/h3-5,8-11,14,19H,2,6-7,12-13,15-16H2,1H3,(H,22,23)/t19-/m0/s1. The van der Waals surface area contributed by atoms with E-state index in [0.29, 0.717) is 6.61 Å². The highest BCUT2D eigenvalue weighted by molar-refractivity contribution is 5.69. The number of nitrogens with zero attached hydrogens (tertiary/aromatic N) is 2. The van der Waals surface area contributed by atoms with Gasteiger partial charge in [-0.1, -0.05) is 43.3 Å². The van der Waals surface area contributed by atoms with Gasteiger partial charge in [0.25, 0.3) is 0 Å². The molecule has 1 aliphatic heterocycles. The van der Waals surface area contributed by atoms with Crippen LogP contribution in [0.25, 0.3) is 0 Å². The molecule has 1 amide bonds. The molecule has 26 heavy (non-hydrogen) atoms. The second-order valence-electron chi connectivity index (χ2n) is 6.61. The molecule has 2 heterocycles. The van der Waals surface area contributed by atoms with Crippen molar-refractivity contribution in [2.75, 3.05) is 18.4 Å². The Morgan fingerprint density at radius 2 is 2.08 bits per heavy atom. The molecule has 5 nitrogen and oxygen atoms in total. The van der Waals surface area contributed by atoms with Crippen LogP contribution in [0.3, 0.4) is 0 Å². The average Bonchev–Trinajstić information content (AvgIpc) is 2.71. The maximum absolute atomic E-state index is 12.7. The van der Waals surface area contributed by atoms with Crippen molar-refractivity contribution >= 4 is 11.9 Å². The van der Waals surface area contributed by atoms with Crippen LogP contribution in [0.15, 0.2) is 48.7 Å². The molecule has 1 fully saturated rings. The lowest BCUT2D eigenvalue weighted by atomic mass is 9.96. The van der Waals surface area contributed by atoms with Gasteiger partial charge in [-0.2, -0.15) is 0 Å². The van der Waals surface area contributed by atoms with Crippen molar-refractivity contribution in [3.63, 3.8) is 0 Å². The summed E-state index contributed by atoms with van der Waals surface area (Å²) in [6, 6.07) is 13.8. The fourth-order valence-corrected chi connectivity index (χ4v) is 3.35. The molecule has 1 aromatic carbocycles. The van der Waals surface area contributed by atoms with Gasteiger partial charge in [-0.05, 0) is 37.3 Å². The normalized spacial score (nSPS) is 17.0. The predicted octanol–water partition coefficient (Wildman–Crippen LogP) is 4.77. The van der Waals surface area contributed by atoms with E-state index in [-0.39, 0.29) is 12.1 Å². The first kappa shape index (κ1) is 18.2. The zero-order valence-electron chi connectivity index (χ0n) is 15.4. The maximum Gasteiger partial charge on any atom is 0.410 e. The number of rotatable bonds is 6. The summed E-state index contributed by atoms with van der Waals surface area (Å²) in [6.07, 6.45) is 5.63. The number of hydrogen-bond acceptors (Lipinski definition) is 4. The summed E-state index contributed by atoms with van der Waals surface area (Å²) >= 11 is 0. The second kappa shape index (κ2) is 9.22. The van der Waals surface area contributed by atoms with E-state index in [1.54, 1.807) is 6.20 Å². The van der Waals surface area contributed by atoms with Crippen LogP contribution in [0.1, 0.15) is 49.8 Å². The number of benzene rings is 1. The number of carbonyl (C=O) groups is 1. The summed E-state index contributed by atoms with van der Waals surface area (Å²) in [5.74, 6) is 0.877. The molecule has 1 atom stereocenters. The molecule has 1 N–H and O–H groups in total. The zero-order chi connectivity index (χ0) is 18.2. The Kier molecular flexibility index (Phi) is 6.47. The summed E-state index contributed by atoms with van der Waals surface area (Å²) < 4.78 is 5.59. The molecule has 0 aliphatic carbocycles. The Hall–Kier alpha value is -2.56. The number of anilines is 1. The number of piperidine rings is 1. The molecular weight excluding hydrogens is 326 g/mol. The smallest absolute Gasteiger partial charge is 0.410 e. The second-order valence-corrected chi connectivity index (χ2v) is 6.61. The number of pyridine rings is 1. The largest absolute Gasteiger partial charge is 0.445 e. The van der Waals surface area contributed by atoms with E-state index >= 15 is 0 Å². The minimum absolute atomic E-state index is 0.0140. The number of ether oxygens (including phenoxy) is 1. The van der Waals surface area contributed by atoms with E-state index in [1.807, 2.05) is 41.3 Å². The van der Waals surface area contributed by atoms with Crippen molar-refractivity contribution in [3.05, 3.63) is 59.8 Å². The van der Waals surface area contributed by atoms with Gasteiger partial charge < -0.3 is 15.0 Å². The molecule has 5 heteroatoms. The lowest BCUT2D eigenvalue weighted by molar-refractivity contribution is 0.0680. The van der Waals surface area contributed by atoms with Crippen molar-refractivity contribution in [2.45, 2.75) is 45.3 Å². The van der Waals surface area contributed by atoms with Gasteiger partial charge >= 0.3 is 6.09 Å². The third-order valence-electron chi connectivity index (χ3n) is 4.68. The SMILES string of the molecule is CCCNc1ncccc1[C@@H]1CCCCN1C(=O)OCc1ccccc1. The summed E-state index contributed by atoms with van der Waals surface area (Å²) in [5, 5.41) is 3.39. The van der Waals surface area contributed by atoms with Crippen LogP contribution in [0, 0.1) is 0 Å². The van der Waals surface area contributed by atoms with Crippen LogP contribution in [0.4, 0.5) is 10.6 Å². The molecule has 2 aromatic rings. The van der Waals surface area contributed by atoms with E-state index in [9.17, 15) is 4.79 Å². The van der Waals surface area contributed by atoms with Crippen molar-refractivity contribution in [1.29, 1.82) is 0 Å². The van der Waals surface area contributed by atoms with E-state index in [1.165, 1.54) is 0 Å². The highest BCUT2D eigenvalue weighted by atomic mass is 16.6. The van der Waals surface area contributed by atoms with Gasteiger partial charge in [0.15, 0.2) is 0 Å². The van der Waals surface area contributed by atoms with Crippen molar-refractivity contribution in [2.24, 2.45) is 0 Å². The van der Waals surface area contributed by atoms with Gasteiger partial charge in [0.1, 0.15) is 12.4 Å². The molecule has 0 spiro atoms. The third kappa shape index (κ3) is 4.54. The summed E-state index contributed by atoms with van der Waals surface area (Å²) in [4.78, 5) is 19.1. The maximum atomic E-state index is 12.7. The summed E-state index contributed by atoms with van der Waals surface area (Å²) in [5.41, 5.74) is 2.08.